The molecule has 2 aliphatic rings. The van der Waals surface area contributed by atoms with Crippen LogP contribution in [0.4, 0.5) is 0 Å². The van der Waals surface area contributed by atoms with Crippen LogP contribution in [-0.2, 0) is 5.41 Å². The van der Waals surface area contributed by atoms with Gasteiger partial charge in [-0.25, -0.2) is 0 Å². The van der Waals surface area contributed by atoms with E-state index >= 15 is 0 Å². The number of allylic oxidation sites excluding steroid dienone is 2. The van der Waals surface area contributed by atoms with Gasteiger partial charge in [-0.1, -0.05) is 48.9 Å². The molecule has 0 spiro atoms. The van der Waals surface area contributed by atoms with Crippen LogP contribution in [-0.4, -0.2) is 0 Å². The molecule has 0 N–H and O–H groups in total. The smallest absolute Gasteiger partial charge is 0.00870 e. The van der Waals surface area contributed by atoms with Crippen molar-refractivity contribution in [1.82, 2.24) is 0 Å². The number of hydrogen-bond donors (Lipinski definition) is 0. The van der Waals surface area contributed by atoms with Crippen LogP contribution in [0.5, 0.6) is 0 Å². The van der Waals surface area contributed by atoms with Gasteiger partial charge >= 0.3 is 0 Å². The standard InChI is InChI=1S/C15H18/c1-3-14-9-4-10-15(14,11-14)13-7-5-12(2)6-8-13/h4-9H,3,10-11H2,1-2H3. The summed E-state index contributed by atoms with van der Waals surface area (Å²) in [4.78, 5) is 0. The summed E-state index contributed by atoms with van der Waals surface area (Å²) in [7, 11) is 0. The molecule has 0 saturated heterocycles. The van der Waals surface area contributed by atoms with Gasteiger partial charge in [0.15, 0.2) is 0 Å². The highest BCUT2D eigenvalue weighted by Crippen LogP contribution is 2.72. The SMILES string of the molecule is CCC12C=CCC1(c1ccc(C)cc1)C2. The van der Waals surface area contributed by atoms with Gasteiger partial charge in [-0.15, -0.1) is 0 Å². The monoisotopic (exact) mass is 198 g/mol. The summed E-state index contributed by atoms with van der Waals surface area (Å²) >= 11 is 0. The van der Waals surface area contributed by atoms with Crippen molar-refractivity contribution in [3.05, 3.63) is 47.5 Å². The average Bonchev–Trinajstić information content (AvgIpc) is 2.78. The second-order valence-corrected chi connectivity index (χ2v) is 5.24. The maximum Gasteiger partial charge on any atom is 0.00870 e. The summed E-state index contributed by atoms with van der Waals surface area (Å²) in [6.07, 6.45) is 8.76. The molecule has 0 bridgehead atoms. The minimum atomic E-state index is 0.482. The maximum atomic E-state index is 2.47. The van der Waals surface area contributed by atoms with Crippen molar-refractivity contribution in [2.24, 2.45) is 5.41 Å². The topological polar surface area (TPSA) is 0 Å². The van der Waals surface area contributed by atoms with E-state index in [-0.39, 0.29) is 0 Å². The van der Waals surface area contributed by atoms with Gasteiger partial charge in [-0.2, -0.15) is 0 Å². The zero-order valence-corrected chi connectivity index (χ0v) is 9.59. The van der Waals surface area contributed by atoms with E-state index < -0.39 is 0 Å². The molecule has 15 heavy (non-hydrogen) atoms. The Hall–Kier alpha value is -1.04. The predicted octanol–water partition coefficient (Wildman–Crippen LogP) is 3.99. The van der Waals surface area contributed by atoms with Crippen LogP contribution in [0.3, 0.4) is 0 Å². The Bertz CT molecular complexity index is 412. The summed E-state index contributed by atoms with van der Waals surface area (Å²) in [5.41, 5.74) is 3.92. The van der Waals surface area contributed by atoms with Crippen molar-refractivity contribution >= 4 is 0 Å². The highest BCUT2D eigenvalue weighted by molar-refractivity contribution is 5.46. The van der Waals surface area contributed by atoms with Crippen LogP contribution in [0.15, 0.2) is 36.4 Å². The molecule has 0 radical (unpaired) electrons. The van der Waals surface area contributed by atoms with E-state index in [1.54, 1.807) is 5.56 Å². The summed E-state index contributed by atoms with van der Waals surface area (Å²) in [5, 5.41) is 0. The molecule has 0 aromatic heterocycles. The van der Waals surface area contributed by atoms with Crippen molar-refractivity contribution in [3.8, 4) is 0 Å². The van der Waals surface area contributed by atoms with Gasteiger partial charge in [-0.3, -0.25) is 0 Å². The van der Waals surface area contributed by atoms with Crippen LogP contribution in [0, 0.1) is 12.3 Å². The molecule has 3 rings (SSSR count). The molecule has 1 fully saturated rings. The fourth-order valence-electron chi connectivity index (χ4n) is 3.44. The number of benzene rings is 1. The third-order valence-electron chi connectivity index (χ3n) is 4.58. The lowest BCUT2D eigenvalue weighted by atomic mass is 9.86. The third kappa shape index (κ3) is 1.03. The molecule has 0 heterocycles. The van der Waals surface area contributed by atoms with Crippen molar-refractivity contribution in [1.29, 1.82) is 0 Å². The Kier molecular flexibility index (Phi) is 1.69. The van der Waals surface area contributed by atoms with Crippen LogP contribution in [0.2, 0.25) is 0 Å². The third-order valence-corrected chi connectivity index (χ3v) is 4.58. The molecule has 0 nitrogen and oxygen atoms in total. The van der Waals surface area contributed by atoms with Crippen LogP contribution in [0.1, 0.15) is 37.3 Å². The molecule has 1 saturated carbocycles. The van der Waals surface area contributed by atoms with E-state index in [9.17, 15) is 0 Å². The lowest BCUT2D eigenvalue weighted by Gasteiger charge is -2.17. The van der Waals surface area contributed by atoms with E-state index in [4.69, 9.17) is 0 Å². The first kappa shape index (κ1) is 9.21. The number of aryl methyl sites for hydroxylation is 1. The van der Waals surface area contributed by atoms with Crippen molar-refractivity contribution in [2.75, 3.05) is 0 Å². The second kappa shape index (κ2) is 2.75. The molecule has 0 amide bonds. The summed E-state index contributed by atoms with van der Waals surface area (Å²) in [5.74, 6) is 0. The van der Waals surface area contributed by atoms with Crippen molar-refractivity contribution < 1.29 is 0 Å². The average molecular weight is 198 g/mol. The largest absolute Gasteiger partial charge is 0.0870 e. The van der Waals surface area contributed by atoms with Gasteiger partial charge in [0.2, 0.25) is 0 Å². The molecule has 78 valence electrons. The lowest BCUT2D eigenvalue weighted by Crippen LogP contribution is -2.11. The number of rotatable bonds is 2. The molecule has 2 unspecified atom stereocenters. The van der Waals surface area contributed by atoms with E-state index in [1.165, 1.54) is 24.8 Å². The van der Waals surface area contributed by atoms with E-state index in [0.717, 1.165) is 0 Å². The van der Waals surface area contributed by atoms with E-state index in [2.05, 4.69) is 50.3 Å². The molecular formula is C15H18. The first-order valence-corrected chi connectivity index (χ1v) is 5.97. The van der Waals surface area contributed by atoms with Crippen molar-refractivity contribution in [3.63, 3.8) is 0 Å². The Balaban J connectivity index is 2.00. The molecule has 2 aliphatic carbocycles. The Morgan fingerprint density at radius 3 is 2.53 bits per heavy atom. The Labute approximate surface area is 92.0 Å². The second-order valence-electron chi connectivity index (χ2n) is 5.24. The van der Waals surface area contributed by atoms with Crippen LogP contribution in [0.25, 0.3) is 0 Å². The Morgan fingerprint density at radius 2 is 1.93 bits per heavy atom. The highest BCUT2D eigenvalue weighted by atomic mass is 14.7. The Morgan fingerprint density at radius 1 is 1.20 bits per heavy atom. The number of hydrogen-bond acceptors (Lipinski definition) is 0. The maximum absolute atomic E-state index is 2.47. The first-order chi connectivity index (χ1) is 7.22. The predicted molar refractivity (Wildman–Crippen MR) is 64.0 cm³/mol. The fourth-order valence-corrected chi connectivity index (χ4v) is 3.44. The molecule has 1 aromatic carbocycles. The van der Waals surface area contributed by atoms with Gasteiger partial charge in [-0.05, 0) is 37.2 Å². The number of fused-ring (bicyclic) bond motifs is 1. The molecular weight excluding hydrogens is 180 g/mol. The highest BCUT2D eigenvalue weighted by Gasteiger charge is 2.66. The molecule has 1 aromatic rings. The van der Waals surface area contributed by atoms with Gasteiger partial charge in [0.1, 0.15) is 0 Å². The summed E-state index contributed by atoms with van der Waals surface area (Å²) in [6, 6.07) is 9.17. The summed E-state index contributed by atoms with van der Waals surface area (Å²) < 4.78 is 0. The fraction of sp³-hybridized carbons (Fsp3) is 0.467. The van der Waals surface area contributed by atoms with Gasteiger partial charge in [0.25, 0.3) is 0 Å². The molecule has 0 heteroatoms. The quantitative estimate of drug-likeness (QED) is 0.630. The zero-order chi connectivity index (χ0) is 10.5. The van der Waals surface area contributed by atoms with Gasteiger partial charge in [0, 0.05) is 5.41 Å². The normalized spacial score (nSPS) is 36.7. The first-order valence-electron chi connectivity index (χ1n) is 5.97. The van der Waals surface area contributed by atoms with Gasteiger partial charge in [0.05, 0.1) is 0 Å². The van der Waals surface area contributed by atoms with Crippen molar-refractivity contribution in [2.45, 2.75) is 38.5 Å². The minimum absolute atomic E-state index is 0.482. The van der Waals surface area contributed by atoms with Crippen LogP contribution >= 0.6 is 0 Å². The van der Waals surface area contributed by atoms with Gasteiger partial charge < -0.3 is 0 Å². The minimum Gasteiger partial charge on any atom is -0.0870 e. The van der Waals surface area contributed by atoms with E-state index in [0.29, 0.717) is 10.8 Å². The molecule has 0 aliphatic heterocycles. The van der Waals surface area contributed by atoms with E-state index in [1.807, 2.05) is 0 Å². The summed E-state index contributed by atoms with van der Waals surface area (Å²) in [6.45, 7) is 4.49. The molecule has 2 atom stereocenters. The van der Waals surface area contributed by atoms with Crippen LogP contribution < -0.4 is 0 Å². The lowest BCUT2D eigenvalue weighted by molar-refractivity contribution is 0.522. The zero-order valence-electron chi connectivity index (χ0n) is 9.59.